The molecule has 2 heteroatoms. The molecule has 0 N–H and O–H groups in total. The van der Waals surface area contributed by atoms with Crippen LogP contribution in [0.4, 0.5) is 0 Å². The Morgan fingerprint density at radius 1 is 1.21 bits per heavy atom. The first-order valence-corrected chi connectivity index (χ1v) is 5.23. The van der Waals surface area contributed by atoms with Crippen LogP contribution in [-0.2, 0) is 9.47 Å². The summed E-state index contributed by atoms with van der Waals surface area (Å²) in [5.41, 5.74) is 2.99. The Labute approximate surface area is 86.6 Å². The second-order valence-corrected chi connectivity index (χ2v) is 3.61. The highest BCUT2D eigenvalue weighted by atomic mass is 16.5. The molecule has 0 aromatic carbocycles. The van der Waals surface area contributed by atoms with Gasteiger partial charge in [0.1, 0.15) is 0 Å². The molecular formula is C12H20O2. The molecule has 0 heterocycles. The van der Waals surface area contributed by atoms with Crippen LogP contribution in [0.15, 0.2) is 23.3 Å². The van der Waals surface area contributed by atoms with Gasteiger partial charge in [0.15, 0.2) is 0 Å². The summed E-state index contributed by atoms with van der Waals surface area (Å²) in [6.45, 7) is 1.67. The summed E-state index contributed by atoms with van der Waals surface area (Å²) >= 11 is 0. The summed E-state index contributed by atoms with van der Waals surface area (Å²) in [6, 6.07) is 0. The van der Waals surface area contributed by atoms with E-state index in [4.69, 9.17) is 9.47 Å². The third-order valence-electron chi connectivity index (χ3n) is 2.48. The molecule has 0 aliphatic heterocycles. The number of hydrogen-bond donors (Lipinski definition) is 0. The first-order valence-electron chi connectivity index (χ1n) is 5.23. The van der Waals surface area contributed by atoms with Crippen LogP contribution in [0.2, 0.25) is 0 Å². The summed E-state index contributed by atoms with van der Waals surface area (Å²) in [5, 5.41) is 0. The molecule has 0 aromatic rings. The molecule has 80 valence electrons. The maximum atomic E-state index is 5.06. The fourth-order valence-corrected chi connectivity index (χ4v) is 1.66. The van der Waals surface area contributed by atoms with E-state index >= 15 is 0 Å². The van der Waals surface area contributed by atoms with Gasteiger partial charge in [0.2, 0.25) is 0 Å². The molecule has 1 rings (SSSR count). The van der Waals surface area contributed by atoms with Crippen LogP contribution < -0.4 is 0 Å². The topological polar surface area (TPSA) is 18.5 Å². The lowest BCUT2D eigenvalue weighted by Crippen LogP contribution is -1.89. The minimum absolute atomic E-state index is 0.824. The average molecular weight is 196 g/mol. The molecule has 14 heavy (non-hydrogen) atoms. The molecule has 0 saturated heterocycles. The Morgan fingerprint density at radius 2 is 2.00 bits per heavy atom. The van der Waals surface area contributed by atoms with Gasteiger partial charge >= 0.3 is 0 Å². The first-order chi connectivity index (χ1) is 6.86. The van der Waals surface area contributed by atoms with Gasteiger partial charge in [-0.15, -0.1) is 0 Å². The minimum Gasteiger partial charge on any atom is -0.384 e. The fourth-order valence-electron chi connectivity index (χ4n) is 1.66. The van der Waals surface area contributed by atoms with E-state index in [-0.39, 0.29) is 0 Å². The van der Waals surface area contributed by atoms with Gasteiger partial charge in [-0.2, -0.15) is 0 Å². The maximum Gasteiger partial charge on any atom is 0.0499 e. The Hall–Kier alpha value is -0.600. The summed E-state index contributed by atoms with van der Waals surface area (Å²) in [6.07, 6.45) is 9.11. The molecule has 0 atom stereocenters. The van der Waals surface area contributed by atoms with Gasteiger partial charge in [-0.3, -0.25) is 0 Å². The predicted octanol–water partition coefficient (Wildman–Crippen LogP) is 2.71. The lowest BCUT2D eigenvalue weighted by molar-refractivity contribution is 0.201. The Bertz CT molecular complexity index is 216. The molecule has 1 aliphatic carbocycles. The predicted molar refractivity (Wildman–Crippen MR) is 58.4 cm³/mol. The van der Waals surface area contributed by atoms with E-state index in [9.17, 15) is 0 Å². The molecule has 1 aliphatic rings. The van der Waals surface area contributed by atoms with Crippen molar-refractivity contribution in [3.8, 4) is 0 Å². The van der Waals surface area contributed by atoms with Crippen molar-refractivity contribution >= 4 is 0 Å². The third kappa shape index (κ3) is 4.07. The zero-order chi connectivity index (χ0) is 10.2. The Morgan fingerprint density at radius 3 is 2.71 bits per heavy atom. The van der Waals surface area contributed by atoms with Crippen LogP contribution in [0, 0.1) is 0 Å². The van der Waals surface area contributed by atoms with Crippen molar-refractivity contribution in [3.05, 3.63) is 23.3 Å². The van der Waals surface area contributed by atoms with E-state index < -0.39 is 0 Å². The largest absolute Gasteiger partial charge is 0.384 e. The maximum absolute atomic E-state index is 5.06. The van der Waals surface area contributed by atoms with Crippen LogP contribution in [0.3, 0.4) is 0 Å². The quantitative estimate of drug-likeness (QED) is 0.608. The molecule has 0 unspecified atom stereocenters. The second-order valence-electron chi connectivity index (χ2n) is 3.61. The number of rotatable bonds is 6. The number of hydrogen-bond acceptors (Lipinski definition) is 2. The Kier molecular flexibility index (Phi) is 5.57. The second kappa shape index (κ2) is 6.80. The molecule has 0 saturated carbocycles. The summed E-state index contributed by atoms with van der Waals surface area (Å²) in [7, 11) is 3.50. The molecule has 0 fully saturated rings. The zero-order valence-corrected chi connectivity index (χ0v) is 9.21. The average Bonchev–Trinajstić information content (AvgIpc) is 2.63. The molecule has 0 spiro atoms. The molecule has 0 radical (unpaired) electrons. The molecular weight excluding hydrogens is 176 g/mol. The number of allylic oxidation sites excluding steroid dienone is 2. The number of methoxy groups -OCH3 is 2. The van der Waals surface area contributed by atoms with Crippen LogP contribution in [0.5, 0.6) is 0 Å². The highest BCUT2D eigenvalue weighted by molar-refractivity contribution is 5.30. The van der Waals surface area contributed by atoms with Gasteiger partial charge in [-0.1, -0.05) is 23.3 Å². The van der Waals surface area contributed by atoms with Gasteiger partial charge in [0.25, 0.3) is 0 Å². The van der Waals surface area contributed by atoms with Crippen LogP contribution in [-0.4, -0.2) is 27.4 Å². The lowest BCUT2D eigenvalue weighted by atomic mass is 10.2. The summed E-state index contributed by atoms with van der Waals surface area (Å²) < 4.78 is 10.1. The van der Waals surface area contributed by atoms with Crippen molar-refractivity contribution in [2.75, 3.05) is 27.4 Å². The minimum atomic E-state index is 0.824. The van der Waals surface area contributed by atoms with Crippen molar-refractivity contribution in [1.82, 2.24) is 0 Å². The Balaban J connectivity index is 2.29. The standard InChI is InChI=1S/C12H20O2/c1-13-8-3-4-11-5-6-12(10-11)7-9-14-2/h4,10H,3,5-9H2,1-2H3/b11-4-. The molecule has 0 amide bonds. The van der Waals surface area contributed by atoms with Crippen molar-refractivity contribution in [3.63, 3.8) is 0 Å². The first kappa shape index (κ1) is 11.5. The highest BCUT2D eigenvalue weighted by Gasteiger charge is 2.08. The van der Waals surface area contributed by atoms with E-state index in [2.05, 4.69) is 12.2 Å². The highest BCUT2D eigenvalue weighted by Crippen LogP contribution is 2.25. The third-order valence-corrected chi connectivity index (χ3v) is 2.48. The van der Waals surface area contributed by atoms with Gasteiger partial charge in [0.05, 0.1) is 0 Å². The zero-order valence-electron chi connectivity index (χ0n) is 9.21. The van der Waals surface area contributed by atoms with Crippen molar-refractivity contribution in [2.24, 2.45) is 0 Å². The molecule has 0 aromatic heterocycles. The smallest absolute Gasteiger partial charge is 0.0499 e. The van der Waals surface area contributed by atoms with Crippen LogP contribution in [0.1, 0.15) is 25.7 Å². The summed E-state index contributed by atoms with van der Waals surface area (Å²) in [4.78, 5) is 0. The monoisotopic (exact) mass is 196 g/mol. The van der Waals surface area contributed by atoms with E-state index in [1.54, 1.807) is 14.2 Å². The van der Waals surface area contributed by atoms with E-state index in [1.165, 1.54) is 24.0 Å². The fraction of sp³-hybridized carbons (Fsp3) is 0.667. The van der Waals surface area contributed by atoms with Crippen molar-refractivity contribution in [1.29, 1.82) is 0 Å². The van der Waals surface area contributed by atoms with Gasteiger partial charge in [-0.05, 0) is 25.7 Å². The number of ether oxygens (including phenoxy) is 2. The molecule has 2 nitrogen and oxygen atoms in total. The van der Waals surface area contributed by atoms with E-state index in [0.717, 1.165) is 26.1 Å². The van der Waals surface area contributed by atoms with Crippen LogP contribution in [0.25, 0.3) is 0 Å². The van der Waals surface area contributed by atoms with Gasteiger partial charge in [-0.25, -0.2) is 0 Å². The van der Waals surface area contributed by atoms with E-state index in [0.29, 0.717) is 0 Å². The summed E-state index contributed by atoms with van der Waals surface area (Å²) in [5.74, 6) is 0. The lowest BCUT2D eigenvalue weighted by Gasteiger charge is -1.97. The van der Waals surface area contributed by atoms with Crippen molar-refractivity contribution < 1.29 is 9.47 Å². The van der Waals surface area contributed by atoms with Crippen LogP contribution >= 0.6 is 0 Å². The molecule has 0 bridgehead atoms. The van der Waals surface area contributed by atoms with Gasteiger partial charge < -0.3 is 9.47 Å². The SMILES string of the molecule is COCC/C=C1\C=C(CCOC)CC1. The normalized spacial score (nSPS) is 19.0. The van der Waals surface area contributed by atoms with Gasteiger partial charge in [0, 0.05) is 27.4 Å². The van der Waals surface area contributed by atoms with E-state index in [1.807, 2.05) is 0 Å². The van der Waals surface area contributed by atoms with Crippen molar-refractivity contribution in [2.45, 2.75) is 25.7 Å².